The number of aryl methyl sites for hydroxylation is 3. The molecule has 13 aromatic rings. The summed E-state index contributed by atoms with van der Waals surface area (Å²) in [4.78, 5) is 18.1. The van der Waals surface area contributed by atoms with E-state index in [-0.39, 0.29) is 23.6 Å². The Balaban J connectivity index is 0.000000128. The van der Waals surface area contributed by atoms with Crippen molar-refractivity contribution < 1.29 is 28.8 Å². The van der Waals surface area contributed by atoms with E-state index in [0.29, 0.717) is 18.7 Å². The lowest BCUT2D eigenvalue weighted by Crippen LogP contribution is -2.14. The minimum absolute atomic E-state index is 0.152. The number of hydrogen-bond acceptors (Lipinski definition) is 14. The summed E-state index contributed by atoms with van der Waals surface area (Å²) in [7, 11) is 6.48. The van der Waals surface area contributed by atoms with E-state index in [1.165, 1.54) is 17.5 Å². The Morgan fingerprint density at radius 1 is 0.442 bits per heavy atom. The maximum absolute atomic E-state index is 11.5. The number of rotatable bonds is 13. The highest BCUT2D eigenvalue weighted by Crippen LogP contribution is 2.37. The summed E-state index contributed by atoms with van der Waals surface area (Å²) >= 11 is 0. The first-order valence-corrected chi connectivity index (χ1v) is 28.2. The van der Waals surface area contributed by atoms with Gasteiger partial charge in [-0.2, -0.15) is 9.59 Å². The maximum Gasteiger partial charge on any atom is 0.305 e. The molecule has 0 saturated heterocycles. The third-order valence-electron chi connectivity index (χ3n) is 14.3. The topological polar surface area (TPSA) is 197 Å². The molecule has 0 radical (unpaired) electrons. The molecule has 0 fully saturated rings. The molecule has 0 atom stereocenters. The van der Waals surface area contributed by atoms with E-state index in [1.807, 2.05) is 160 Å². The number of phenols is 1. The molecular formula is C68H68N12O6. The van der Waals surface area contributed by atoms with Crippen LogP contribution in [-0.4, -0.2) is 106 Å². The molecule has 86 heavy (non-hydrogen) atoms. The van der Waals surface area contributed by atoms with Crippen molar-refractivity contribution in [1.29, 1.82) is 0 Å². The molecule has 0 bridgehead atoms. The zero-order valence-electron chi connectivity index (χ0n) is 49.7. The van der Waals surface area contributed by atoms with Crippen LogP contribution in [0.15, 0.2) is 182 Å². The van der Waals surface area contributed by atoms with Crippen LogP contribution in [0.3, 0.4) is 0 Å². The van der Waals surface area contributed by atoms with E-state index in [2.05, 4.69) is 97.1 Å². The van der Waals surface area contributed by atoms with Crippen LogP contribution in [0, 0.1) is 13.8 Å². The van der Waals surface area contributed by atoms with Crippen LogP contribution in [-0.2, 0) is 43.9 Å². The largest absolute Gasteiger partial charge is 0.505 e. The molecule has 13 rings (SSSR count). The van der Waals surface area contributed by atoms with Gasteiger partial charge in [-0.3, -0.25) is 4.79 Å². The fourth-order valence-electron chi connectivity index (χ4n) is 9.74. The van der Waals surface area contributed by atoms with Crippen molar-refractivity contribution in [2.24, 2.45) is 0 Å². The molecule has 1 N–H and O–H groups in total. The third-order valence-corrected chi connectivity index (χ3v) is 14.3. The number of hydrogen-bond donors (Lipinski definition) is 1. The third kappa shape index (κ3) is 13.6. The summed E-state index contributed by atoms with van der Waals surface area (Å²) in [5.74, 6) is 0.741. The van der Waals surface area contributed by atoms with Gasteiger partial charge in [-0.15, -0.1) is 50.4 Å². The molecule has 18 heteroatoms. The maximum atomic E-state index is 11.5. The van der Waals surface area contributed by atoms with Crippen molar-refractivity contribution in [2.75, 3.05) is 35.0 Å². The Hall–Kier alpha value is -10.2. The van der Waals surface area contributed by atoms with Gasteiger partial charge in [0.2, 0.25) is 0 Å². The molecule has 9 aromatic carbocycles. The smallest absolute Gasteiger partial charge is 0.305 e. The van der Waals surface area contributed by atoms with Crippen molar-refractivity contribution in [2.45, 2.75) is 65.9 Å². The fourth-order valence-corrected chi connectivity index (χ4v) is 9.74. The minimum atomic E-state index is -0.271. The van der Waals surface area contributed by atoms with Crippen LogP contribution >= 0.6 is 0 Å². The number of carbonyl (C=O) groups is 1. The van der Waals surface area contributed by atoms with Gasteiger partial charge in [0.25, 0.3) is 0 Å². The number of aromatic nitrogens is 12. The summed E-state index contributed by atoms with van der Waals surface area (Å²) < 4.78 is 20.5. The average Bonchev–Trinajstić information content (AvgIpc) is 2.00. The molecular weight excluding hydrogens is 1080 g/mol. The zero-order chi connectivity index (χ0) is 60.3. The highest BCUT2D eigenvalue weighted by Gasteiger charge is 2.24. The van der Waals surface area contributed by atoms with Gasteiger partial charge in [0, 0.05) is 37.0 Å². The summed E-state index contributed by atoms with van der Waals surface area (Å²) in [6, 6.07) is 59.5. The fraction of sp³-hybridized carbons (Fsp3) is 0.221. The number of phenolic OH excluding ortho intramolecular Hbond substituents is 1. The SMILES string of the molecule is COC(=O)CCc1cc(-n2nc3ccccc3n2)c(O)c(C(C)(C)C)c1.COCCc1ccc(C)c(-n2nc3ccccc3n2)c1.COCc1ccc(C)c(-n2nc3ccccc3n2)c1.COc1ccc(-n2nc3ccccc3n2)c2ccccc12. The Bertz CT molecular complexity index is 4350. The second-order valence-electron chi connectivity index (χ2n) is 21.5. The van der Waals surface area contributed by atoms with Gasteiger partial charge < -0.3 is 24.1 Å². The van der Waals surface area contributed by atoms with Crippen LogP contribution in [0.25, 0.3) is 77.7 Å². The number of esters is 1. The summed E-state index contributed by atoms with van der Waals surface area (Å²) in [5.41, 5.74) is 16.5. The quantitative estimate of drug-likeness (QED) is 0.107. The number of benzene rings is 9. The average molecular weight is 1150 g/mol. The number of carbonyl (C=O) groups excluding carboxylic acids is 1. The zero-order valence-corrected chi connectivity index (χ0v) is 49.7. The van der Waals surface area contributed by atoms with E-state index < -0.39 is 0 Å². The highest BCUT2D eigenvalue weighted by molar-refractivity contribution is 5.95. The van der Waals surface area contributed by atoms with E-state index >= 15 is 0 Å². The van der Waals surface area contributed by atoms with Gasteiger partial charge in [-0.25, -0.2) is 0 Å². The molecule has 436 valence electrons. The summed E-state index contributed by atoms with van der Waals surface area (Å²) in [6.07, 6.45) is 1.69. The van der Waals surface area contributed by atoms with E-state index in [1.54, 1.807) is 35.7 Å². The van der Waals surface area contributed by atoms with E-state index in [9.17, 15) is 9.90 Å². The predicted molar refractivity (Wildman–Crippen MR) is 336 cm³/mol. The van der Waals surface area contributed by atoms with E-state index in [0.717, 1.165) is 119 Å². The molecule has 4 heterocycles. The van der Waals surface area contributed by atoms with Gasteiger partial charge >= 0.3 is 5.97 Å². The molecule has 0 saturated carbocycles. The monoisotopic (exact) mass is 1150 g/mol. The van der Waals surface area contributed by atoms with Crippen LogP contribution in [0.5, 0.6) is 11.5 Å². The predicted octanol–water partition coefficient (Wildman–Crippen LogP) is 12.9. The molecule has 0 spiro atoms. The lowest BCUT2D eigenvalue weighted by molar-refractivity contribution is -0.140. The molecule has 0 amide bonds. The number of ether oxygens (including phenoxy) is 4. The first kappa shape index (κ1) is 59.0. The van der Waals surface area contributed by atoms with Crippen molar-refractivity contribution >= 4 is 60.9 Å². The number of fused-ring (bicyclic) bond motifs is 5. The van der Waals surface area contributed by atoms with Crippen molar-refractivity contribution in [3.8, 4) is 34.2 Å². The normalized spacial score (nSPS) is 11.3. The lowest BCUT2D eigenvalue weighted by atomic mass is 9.84. The highest BCUT2D eigenvalue weighted by atomic mass is 16.5. The first-order valence-electron chi connectivity index (χ1n) is 28.2. The molecule has 4 aromatic heterocycles. The summed E-state index contributed by atoms with van der Waals surface area (Å²) in [5, 5.41) is 49.1. The molecule has 0 aliphatic rings. The van der Waals surface area contributed by atoms with Crippen molar-refractivity contribution in [1.82, 2.24) is 60.0 Å². The number of methoxy groups -OCH3 is 4. The second-order valence-corrected chi connectivity index (χ2v) is 21.5. The molecule has 0 aliphatic heterocycles. The van der Waals surface area contributed by atoms with Crippen molar-refractivity contribution in [3.63, 3.8) is 0 Å². The van der Waals surface area contributed by atoms with Gasteiger partial charge in [0.1, 0.15) is 61.3 Å². The van der Waals surface area contributed by atoms with E-state index in [4.69, 9.17) is 18.9 Å². The Morgan fingerprint density at radius 3 is 1.28 bits per heavy atom. The summed E-state index contributed by atoms with van der Waals surface area (Å²) in [6.45, 7) is 11.5. The molecule has 0 unspecified atom stereocenters. The molecule has 0 aliphatic carbocycles. The van der Waals surface area contributed by atoms with Gasteiger partial charge in [0.05, 0.1) is 44.5 Å². The Kier molecular flexibility index (Phi) is 18.3. The Morgan fingerprint density at radius 2 is 0.849 bits per heavy atom. The number of nitrogens with zero attached hydrogens (tertiary/aromatic N) is 12. The lowest BCUT2D eigenvalue weighted by Gasteiger charge is -2.23. The van der Waals surface area contributed by atoms with Crippen LogP contribution in [0.2, 0.25) is 0 Å². The van der Waals surface area contributed by atoms with Gasteiger partial charge in [-0.05, 0) is 139 Å². The van der Waals surface area contributed by atoms with Crippen LogP contribution < -0.4 is 4.74 Å². The molecule has 18 nitrogen and oxygen atoms in total. The van der Waals surface area contributed by atoms with Crippen LogP contribution in [0.1, 0.15) is 60.6 Å². The second kappa shape index (κ2) is 26.6. The minimum Gasteiger partial charge on any atom is -0.505 e. The van der Waals surface area contributed by atoms with Crippen LogP contribution in [0.4, 0.5) is 0 Å². The van der Waals surface area contributed by atoms with Gasteiger partial charge in [-0.1, -0.05) is 124 Å². The standard InChI is InChI=1S/C20H23N3O3.C17H13N3O.C16H17N3O.C15H15N3O/c1-20(2,3)14-11-13(9-10-18(24)26-4)12-17(19(14)25)23-21-15-7-5-6-8-16(15)22-23;1-21-17-11-10-16(12-6-2-3-7-13(12)17)20-18-14-8-4-5-9-15(14)19-20;1-12-7-8-13(9-10-20-2)11-16(12)19-17-14-5-3-4-6-15(14)18-19;1-11-7-8-12(10-19-2)9-15(11)18-16-13-5-3-4-6-14(13)17-18/h5-8,11-12,25H,9-10H2,1-4H3;2-11H,1H3;3-8,11H,9-10H2,1-2H3;3-9H,10H2,1-2H3. The number of aromatic hydroxyl groups is 1. The van der Waals surface area contributed by atoms with Crippen molar-refractivity contribution in [3.05, 3.63) is 215 Å². The Labute approximate surface area is 498 Å². The first-order chi connectivity index (χ1) is 41.7. The van der Waals surface area contributed by atoms with Gasteiger partial charge in [0.15, 0.2) is 0 Å².